The van der Waals surface area contributed by atoms with Crippen LogP contribution in [0, 0.1) is 5.82 Å². The van der Waals surface area contributed by atoms with Crippen LogP contribution in [0.25, 0.3) is 21.3 Å². The molecule has 3 nitrogen and oxygen atoms in total. The van der Waals surface area contributed by atoms with Crippen molar-refractivity contribution in [1.29, 1.82) is 0 Å². The minimum absolute atomic E-state index is 0.247. The number of halogens is 1. The maximum absolute atomic E-state index is 13.1. The van der Waals surface area contributed by atoms with Gasteiger partial charge in [0, 0.05) is 25.0 Å². The van der Waals surface area contributed by atoms with Crippen molar-refractivity contribution in [3.05, 3.63) is 41.8 Å². The van der Waals surface area contributed by atoms with Gasteiger partial charge in [0.2, 0.25) is 0 Å². The lowest BCUT2D eigenvalue weighted by molar-refractivity contribution is 0.628. The monoisotopic (exact) mass is 349 g/mol. The molecule has 0 unspecified atom stereocenters. The van der Waals surface area contributed by atoms with Crippen LogP contribution in [0.3, 0.4) is 0 Å². The summed E-state index contributed by atoms with van der Waals surface area (Å²) in [6.45, 7) is 0. The molecule has 3 rings (SSSR count). The van der Waals surface area contributed by atoms with Crippen LogP contribution in [0.15, 0.2) is 41.0 Å². The number of hydrogen-bond donors (Lipinski definition) is 0. The van der Waals surface area contributed by atoms with Crippen molar-refractivity contribution in [1.82, 2.24) is 14.9 Å². The Morgan fingerprint density at radius 1 is 1.23 bits per heavy atom. The molecule has 0 aliphatic heterocycles. The molecule has 0 saturated heterocycles. The van der Waals surface area contributed by atoms with Gasteiger partial charge in [0.05, 0.1) is 5.39 Å². The number of thioether (sulfide) groups is 1. The van der Waals surface area contributed by atoms with Crippen LogP contribution >= 0.6 is 35.3 Å². The third-order valence-electron chi connectivity index (χ3n) is 3.04. The summed E-state index contributed by atoms with van der Waals surface area (Å²) in [5.41, 5.74) is 1.95. The first kappa shape index (κ1) is 15.3. The summed E-state index contributed by atoms with van der Waals surface area (Å²) >= 11 is 8.34. The second kappa shape index (κ2) is 6.28. The molecule has 7 heteroatoms. The van der Waals surface area contributed by atoms with E-state index in [1.807, 2.05) is 24.4 Å². The van der Waals surface area contributed by atoms with E-state index in [-0.39, 0.29) is 5.82 Å². The molecule has 0 spiro atoms. The van der Waals surface area contributed by atoms with Crippen molar-refractivity contribution < 1.29 is 4.39 Å². The van der Waals surface area contributed by atoms with Crippen LogP contribution in [0.4, 0.5) is 4.39 Å². The summed E-state index contributed by atoms with van der Waals surface area (Å²) in [6.07, 6.45) is 1.55. The molecule has 2 aromatic heterocycles. The van der Waals surface area contributed by atoms with E-state index in [4.69, 9.17) is 12.2 Å². The lowest BCUT2D eigenvalue weighted by Crippen LogP contribution is -2.16. The van der Waals surface area contributed by atoms with E-state index in [1.54, 1.807) is 29.8 Å². The molecule has 0 aliphatic rings. The van der Waals surface area contributed by atoms with Crippen molar-refractivity contribution in [2.45, 2.75) is 5.03 Å². The van der Waals surface area contributed by atoms with Crippen molar-refractivity contribution >= 4 is 49.9 Å². The van der Waals surface area contributed by atoms with E-state index in [2.05, 4.69) is 9.97 Å². The number of aromatic nitrogens is 2. The van der Waals surface area contributed by atoms with Gasteiger partial charge in [0.15, 0.2) is 0 Å². The van der Waals surface area contributed by atoms with Crippen LogP contribution in [0.5, 0.6) is 0 Å². The molecule has 22 heavy (non-hydrogen) atoms. The van der Waals surface area contributed by atoms with E-state index >= 15 is 0 Å². The third kappa shape index (κ3) is 2.97. The van der Waals surface area contributed by atoms with Crippen molar-refractivity contribution in [2.24, 2.45) is 0 Å². The number of nitrogens with zero attached hydrogens (tertiary/aromatic N) is 3. The lowest BCUT2D eigenvalue weighted by atomic mass is 10.1. The Balaban J connectivity index is 2.12. The smallest absolute Gasteiger partial charge is 0.142 e. The average Bonchev–Trinajstić information content (AvgIpc) is 2.93. The zero-order chi connectivity index (χ0) is 15.7. The fourth-order valence-corrected chi connectivity index (χ4v) is 3.91. The van der Waals surface area contributed by atoms with Gasteiger partial charge in [-0.3, -0.25) is 0 Å². The van der Waals surface area contributed by atoms with Crippen molar-refractivity contribution in [3.63, 3.8) is 0 Å². The third-order valence-corrected chi connectivity index (χ3v) is 5.58. The zero-order valence-electron chi connectivity index (χ0n) is 11.9. The Morgan fingerprint density at radius 2 is 1.95 bits per heavy atom. The molecule has 0 bridgehead atoms. The summed E-state index contributed by atoms with van der Waals surface area (Å²) in [5, 5.41) is 3.81. The Kier molecular flexibility index (Phi) is 4.37. The van der Waals surface area contributed by atoms with Crippen molar-refractivity contribution in [2.75, 3.05) is 14.1 Å². The molecular formula is C15H12FN3S3. The highest BCUT2D eigenvalue weighted by molar-refractivity contribution is 8.23. The van der Waals surface area contributed by atoms with Crippen LogP contribution in [0.2, 0.25) is 0 Å². The highest BCUT2D eigenvalue weighted by Crippen LogP contribution is 2.38. The zero-order valence-corrected chi connectivity index (χ0v) is 14.4. The quantitative estimate of drug-likeness (QED) is 0.388. The molecule has 0 fully saturated rings. The Morgan fingerprint density at radius 3 is 2.64 bits per heavy atom. The van der Waals surface area contributed by atoms with Gasteiger partial charge in [-0.25, -0.2) is 14.4 Å². The molecule has 3 aromatic rings. The number of fused-ring (bicyclic) bond motifs is 1. The second-order valence-electron chi connectivity index (χ2n) is 4.78. The number of thiophene rings is 1. The van der Waals surface area contributed by atoms with E-state index in [0.29, 0.717) is 0 Å². The Labute approximate surface area is 141 Å². The van der Waals surface area contributed by atoms with Crippen molar-refractivity contribution in [3.8, 4) is 11.1 Å². The van der Waals surface area contributed by atoms with Gasteiger partial charge in [-0.2, -0.15) is 0 Å². The van der Waals surface area contributed by atoms with Gasteiger partial charge < -0.3 is 4.90 Å². The first-order valence-electron chi connectivity index (χ1n) is 6.43. The molecule has 0 amide bonds. The predicted octanol–water partition coefficient (Wildman–Crippen LogP) is 4.44. The van der Waals surface area contributed by atoms with Crippen LogP contribution in [0.1, 0.15) is 0 Å². The summed E-state index contributed by atoms with van der Waals surface area (Å²) in [5.74, 6) is -0.247. The van der Waals surface area contributed by atoms with Gasteiger partial charge in [-0.15, -0.1) is 11.3 Å². The normalized spacial score (nSPS) is 10.9. The van der Waals surface area contributed by atoms with Gasteiger partial charge >= 0.3 is 0 Å². The van der Waals surface area contributed by atoms with Crippen LogP contribution < -0.4 is 0 Å². The second-order valence-corrected chi connectivity index (χ2v) is 7.26. The average molecular weight is 349 g/mol. The van der Waals surface area contributed by atoms with E-state index < -0.39 is 0 Å². The van der Waals surface area contributed by atoms with Gasteiger partial charge in [-0.05, 0) is 29.5 Å². The molecule has 112 valence electrons. The number of hydrogen-bond acceptors (Lipinski definition) is 5. The summed E-state index contributed by atoms with van der Waals surface area (Å²) < 4.78 is 13.9. The maximum atomic E-state index is 13.1. The number of thiocarbonyl (C=S) groups is 1. The lowest BCUT2D eigenvalue weighted by Gasteiger charge is -2.12. The number of benzene rings is 1. The molecule has 0 aliphatic carbocycles. The first-order chi connectivity index (χ1) is 10.6. The number of rotatable bonds is 2. The maximum Gasteiger partial charge on any atom is 0.142 e. The highest BCUT2D eigenvalue weighted by atomic mass is 32.2. The SMILES string of the molecule is CN(C)C(=S)Sc1ncnc2scc(-c3ccc(F)cc3)c12. The van der Waals surface area contributed by atoms with Gasteiger partial charge in [0.25, 0.3) is 0 Å². The molecule has 1 aromatic carbocycles. The molecule has 0 saturated carbocycles. The van der Waals surface area contributed by atoms with Gasteiger partial charge in [-0.1, -0.05) is 24.4 Å². The standard InChI is InChI=1S/C15H12FN3S3/c1-19(2)15(20)22-14-12-11(7-21-13(12)17-8-18-14)9-3-5-10(16)6-4-9/h3-8H,1-2H3. The first-order valence-corrected chi connectivity index (χ1v) is 8.54. The Bertz CT molecular complexity index is 828. The molecule has 0 atom stereocenters. The minimum Gasteiger partial charge on any atom is -0.363 e. The van der Waals surface area contributed by atoms with E-state index in [9.17, 15) is 4.39 Å². The molecular weight excluding hydrogens is 337 g/mol. The highest BCUT2D eigenvalue weighted by Gasteiger charge is 2.15. The van der Waals surface area contributed by atoms with E-state index in [1.165, 1.54) is 23.9 Å². The summed E-state index contributed by atoms with van der Waals surface area (Å²) in [6, 6.07) is 6.45. The van der Waals surface area contributed by atoms with E-state index in [0.717, 1.165) is 30.7 Å². The molecule has 0 radical (unpaired) electrons. The summed E-state index contributed by atoms with van der Waals surface area (Å²) in [7, 11) is 3.81. The molecule has 2 heterocycles. The minimum atomic E-state index is -0.247. The predicted molar refractivity (Wildman–Crippen MR) is 95.0 cm³/mol. The van der Waals surface area contributed by atoms with Gasteiger partial charge in [0.1, 0.15) is 26.3 Å². The topological polar surface area (TPSA) is 29.0 Å². The van der Waals surface area contributed by atoms with Crippen LogP contribution in [-0.2, 0) is 0 Å². The molecule has 0 N–H and O–H groups in total. The fraction of sp³-hybridized carbons (Fsp3) is 0.133. The van der Waals surface area contributed by atoms with Crippen LogP contribution in [-0.4, -0.2) is 33.3 Å². The fourth-order valence-electron chi connectivity index (χ4n) is 1.94. The summed E-state index contributed by atoms with van der Waals surface area (Å²) in [4.78, 5) is 11.5. The largest absolute Gasteiger partial charge is 0.363 e. The Hall–Kier alpha value is -1.57.